The molecule has 0 fully saturated rings. The average molecular weight is 473 g/mol. The molecule has 2 aliphatic rings. The Kier molecular flexibility index (Phi) is 10.6. The van der Waals surface area contributed by atoms with Crippen molar-refractivity contribution in [2.75, 3.05) is 13.2 Å². The van der Waals surface area contributed by atoms with E-state index < -0.39 is 23.0 Å². The molecule has 0 radical (unpaired) electrons. The van der Waals surface area contributed by atoms with Gasteiger partial charge in [-0.05, 0) is 52.4 Å². The topological polar surface area (TPSA) is 93.7 Å². The number of ketones is 1. The number of allylic oxidation sites excluding steroid dienone is 4. The van der Waals surface area contributed by atoms with Gasteiger partial charge in [0.2, 0.25) is 0 Å². The lowest BCUT2D eigenvalue weighted by molar-refractivity contribution is -0.125. The maximum atomic E-state index is 13.3. The van der Waals surface area contributed by atoms with E-state index in [9.17, 15) is 14.4 Å². The standard InChI is InChI=1S/C27H40N2O5/c1-5-21(3)28-24(31)33-19-26(13-9-7-10-14-26)17-23(30)18-27(15-11-8-12-16-27)20-34-25(32)29-22(4)6-2/h5-9,11,21-22H,1-2,10,12-20H2,3-4H3,(H,28,31)(H,29,32). The van der Waals surface area contributed by atoms with Gasteiger partial charge in [0.05, 0.1) is 13.2 Å². The van der Waals surface area contributed by atoms with E-state index >= 15 is 0 Å². The molecule has 0 bridgehead atoms. The lowest BCUT2D eigenvalue weighted by atomic mass is 9.69. The van der Waals surface area contributed by atoms with E-state index in [2.05, 4.69) is 48.1 Å². The molecule has 34 heavy (non-hydrogen) atoms. The Balaban J connectivity index is 2.01. The van der Waals surface area contributed by atoms with Crippen LogP contribution in [0.5, 0.6) is 0 Å². The highest BCUT2D eigenvalue weighted by Crippen LogP contribution is 2.41. The smallest absolute Gasteiger partial charge is 0.407 e. The maximum absolute atomic E-state index is 13.3. The molecule has 7 nitrogen and oxygen atoms in total. The van der Waals surface area contributed by atoms with Crippen LogP contribution >= 0.6 is 0 Å². The Bertz CT molecular complexity index is 741. The minimum absolute atomic E-state index is 0.109. The van der Waals surface area contributed by atoms with Crippen molar-refractivity contribution >= 4 is 18.0 Å². The molecule has 0 spiro atoms. The summed E-state index contributed by atoms with van der Waals surface area (Å²) in [5, 5.41) is 5.41. The maximum Gasteiger partial charge on any atom is 0.407 e. The van der Waals surface area contributed by atoms with Gasteiger partial charge in [-0.3, -0.25) is 4.79 Å². The van der Waals surface area contributed by atoms with Crippen molar-refractivity contribution in [3.63, 3.8) is 0 Å². The van der Waals surface area contributed by atoms with Crippen LogP contribution in [0.25, 0.3) is 0 Å². The summed E-state index contributed by atoms with van der Waals surface area (Å²) in [5.41, 5.74) is -0.826. The molecule has 2 N–H and O–H groups in total. The molecule has 4 atom stereocenters. The van der Waals surface area contributed by atoms with Crippen LogP contribution in [0.3, 0.4) is 0 Å². The number of nitrogens with one attached hydrogen (secondary N) is 2. The number of carbonyl (C=O) groups excluding carboxylic acids is 3. The number of hydrogen-bond acceptors (Lipinski definition) is 5. The van der Waals surface area contributed by atoms with Gasteiger partial charge >= 0.3 is 12.2 Å². The van der Waals surface area contributed by atoms with E-state index in [0.717, 1.165) is 25.7 Å². The quantitative estimate of drug-likeness (QED) is 0.372. The van der Waals surface area contributed by atoms with Crippen LogP contribution in [-0.4, -0.2) is 43.3 Å². The summed E-state index contributed by atoms with van der Waals surface area (Å²) in [4.78, 5) is 37.6. The van der Waals surface area contributed by atoms with Crippen molar-refractivity contribution in [2.45, 2.75) is 77.3 Å². The van der Waals surface area contributed by atoms with Crippen LogP contribution in [-0.2, 0) is 14.3 Å². The van der Waals surface area contributed by atoms with E-state index in [4.69, 9.17) is 9.47 Å². The predicted molar refractivity (Wildman–Crippen MR) is 133 cm³/mol. The number of Topliss-reactive ketones (excluding diaryl/α,β-unsaturated/α-hetero) is 1. The van der Waals surface area contributed by atoms with E-state index in [1.807, 2.05) is 13.8 Å². The Labute approximate surface area is 203 Å². The zero-order valence-electron chi connectivity index (χ0n) is 20.6. The Morgan fingerprint density at radius 1 is 0.824 bits per heavy atom. The molecule has 4 unspecified atom stereocenters. The second-order valence-corrected chi connectivity index (χ2v) is 9.81. The molecule has 0 saturated carbocycles. The largest absolute Gasteiger partial charge is 0.449 e. The summed E-state index contributed by atoms with van der Waals surface area (Å²) in [6.07, 6.45) is 15.9. The van der Waals surface area contributed by atoms with Gasteiger partial charge in [0, 0.05) is 35.8 Å². The monoisotopic (exact) mass is 472 g/mol. The Morgan fingerprint density at radius 3 is 1.56 bits per heavy atom. The van der Waals surface area contributed by atoms with Crippen LogP contribution in [0, 0.1) is 10.8 Å². The third-order valence-corrected chi connectivity index (χ3v) is 6.68. The van der Waals surface area contributed by atoms with Crippen molar-refractivity contribution < 1.29 is 23.9 Å². The van der Waals surface area contributed by atoms with Crippen molar-refractivity contribution in [3.8, 4) is 0 Å². The average Bonchev–Trinajstić information content (AvgIpc) is 2.82. The number of hydrogen-bond donors (Lipinski definition) is 2. The number of carbonyl (C=O) groups is 3. The van der Waals surface area contributed by atoms with Crippen molar-refractivity contribution in [1.82, 2.24) is 10.6 Å². The number of ether oxygens (including phenoxy) is 2. The zero-order chi connectivity index (χ0) is 25.0. The number of rotatable bonds is 12. The summed E-state index contributed by atoms with van der Waals surface area (Å²) in [6.45, 7) is 11.3. The first kappa shape index (κ1) is 27.4. The fourth-order valence-corrected chi connectivity index (χ4v) is 4.48. The van der Waals surface area contributed by atoms with Gasteiger partial charge in [0.1, 0.15) is 5.78 Å². The predicted octanol–water partition coefficient (Wildman–Crippen LogP) is 5.39. The minimum Gasteiger partial charge on any atom is -0.449 e. The summed E-state index contributed by atoms with van der Waals surface area (Å²) in [6, 6.07) is -0.385. The summed E-state index contributed by atoms with van der Waals surface area (Å²) in [7, 11) is 0. The first-order valence-corrected chi connectivity index (χ1v) is 12.1. The highest BCUT2D eigenvalue weighted by atomic mass is 16.6. The third kappa shape index (κ3) is 8.84. The molecule has 0 heterocycles. The third-order valence-electron chi connectivity index (χ3n) is 6.68. The Morgan fingerprint density at radius 2 is 1.24 bits per heavy atom. The van der Waals surface area contributed by atoms with Gasteiger partial charge in [-0.15, -0.1) is 13.2 Å². The molecule has 0 saturated heterocycles. The molecule has 0 aromatic carbocycles. The van der Waals surface area contributed by atoms with Gasteiger partial charge in [0.25, 0.3) is 0 Å². The zero-order valence-corrected chi connectivity index (χ0v) is 20.6. The van der Waals surface area contributed by atoms with Gasteiger partial charge in [-0.25, -0.2) is 9.59 Å². The first-order chi connectivity index (χ1) is 16.2. The number of alkyl carbamates (subject to hydrolysis) is 2. The summed E-state index contributed by atoms with van der Waals surface area (Å²) in [5.74, 6) is 0.109. The van der Waals surface area contributed by atoms with Crippen LogP contribution < -0.4 is 10.6 Å². The molecular weight excluding hydrogens is 432 g/mol. The fraction of sp³-hybridized carbons (Fsp3) is 0.593. The van der Waals surface area contributed by atoms with E-state index in [-0.39, 0.29) is 31.1 Å². The second kappa shape index (κ2) is 13.2. The van der Waals surface area contributed by atoms with Crippen LogP contribution in [0.1, 0.15) is 65.2 Å². The second-order valence-electron chi connectivity index (χ2n) is 9.81. The van der Waals surface area contributed by atoms with Crippen molar-refractivity contribution in [3.05, 3.63) is 49.6 Å². The lowest BCUT2D eigenvalue weighted by Gasteiger charge is -2.37. The van der Waals surface area contributed by atoms with Gasteiger partial charge in [0.15, 0.2) is 0 Å². The van der Waals surface area contributed by atoms with E-state index in [1.54, 1.807) is 12.2 Å². The SMILES string of the molecule is C=CC(C)NC(=O)OCC1(CC(=O)CC2(COC(=O)NC(C)C=C)CC=CCC2)CC=CCC1. The highest BCUT2D eigenvalue weighted by Gasteiger charge is 2.39. The van der Waals surface area contributed by atoms with Gasteiger partial charge in [-0.1, -0.05) is 36.5 Å². The lowest BCUT2D eigenvalue weighted by Crippen LogP contribution is -2.39. The van der Waals surface area contributed by atoms with E-state index in [1.165, 1.54) is 0 Å². The molecule has 0 aliphatic heterocycles. The van der Waals surface area contributed by atoms with E-state index in [0.29, 0.717) is 25.7 Å². The fourth-order valence-electron chi connectivity index (χ4n) is 4.48. The number of amides is 2. The van der Waals surface area contributed by atoms with Crippen LogP contribution in [0.4, 0.5) is 9.59 Å². The molecule has 0 aromatic rings. The molecule has 188 valence electrons. The Hall–Kier alpha value is -2.83. The molecule has 0 aromatic heterocycles. The summed E-state index contributed by atoms with van der Waals surface area (Å²) < 4.78 is 11.0. The molecule has 7 heteroatoms. The molecule has 2 amide bonds. The van der Waals surface area contributed by atoms with Gasteiger partial charge < -0.3 is 20.1 Å². The van der Waals surface area contributed by atoms with Gasteiger partial charge in [-0.2, -0.15) is 0 Å². The van der Waals surface area contributed by atoms with Crippen molar-refractivity contribution in [1.29, 1.82) is 0 Å². The normalized spacial score (nSPS) is 25.5. The molecule has 2 rings (SSSR count). The highest BCUT2D eigenvalue weighted by molar-refractivity contribution is 5.80. The molecule has 2 aliphatic carbocycles. The van der Waals surface area contributed by atoms with Crippen molar-refractivity contribution in [2.24, 2.45) is 10.8 Å². The molecular formula is C27H40N2O5. The van der Waals surface area contributed by atoms with Crippen LogP contribution in [0.15, 0.2) is 49.6 Å². The summed E-state index contributed by atoms with van der Waals surface area (Å²) >= 11 is 0. The minimum atomic E-state index is -0.504. The van der Waals surface area contributed by atoms with Crippen LogP contribution in [0.2, 0.25) is 0 Å². The first-order valence-electron chi connectivity index (χ1n) is 12.1.